The lowest BCUT2D eigenvalue weighted by Crippen LogP contribution is -2.24. The molecule has 1 heteroatoms. The Morgan fingerprint density at radius 2 is 2.38 bits per heavy atom. The van der Waals surface area contributed by atoms with E-state index < -0.39 is 0 Å². The minimum absolute atomic E-state index is 0.744. The Hall–Kier alpha value is -0.0400. The summed E-state index contributed by atoms with van der Waals surface area (Å²) in [5.41, 5.74) is 0. The van der Waals surface area contributed by atoms with E-state index in [2.05, 4.69) is 18.7 Å². The molecule has 0 amide bonds. The average molecular weight is 112 g/mol. The third-order valence-corrected chi connectivity index (χ3v) is 1.65. The Kier molecular flexibility index (Phi) is 2.34. The Balaban J connectivity index is 2.17. The van der Waals surface area contributed by atoms with Crippen LogP contribution in [0.1, 0.15) is 26.2 Å². The van der Waals surface area contributed by atoms with Gasteiger partial charge in [-0.2, -0.15) is 0 Å². The van der Waals surface area contributed by atoms with Crippen molar-refractivity contribution in [1.29, 1.82) is 0 Å². The van der Waals surface area contributed by atoms with Crippen molar-refractivity contribution in [1.82, 2.24) is 5.32 Å². The summed E-state index contributed by atoms with van der Waals surface area (Å²) in [5, 5.41) is 3.41. The predicted molar refractivity (Wildman–Crippen MR) is 35.6 cm³/mol. The van der Waals surface area contributed by atoms with Crippen LogP contribution in [-0.2, 0) is 0 Å². The molecule has 1 rings (SSSR count). The van der Waals surface area contributed by atoms with Gasteiger partial charge < -0.3 is 5.32 Å². The lowest BCUT2D eigenvalue weighted by molar-refractivity contribution is 0.552. The zero-order chi connectivity index (χ0) is 5.82. The highest BCUT2D eigenvalue weighted by molar-refractivity contribution is 4.75. The number of nitrogens with one attached hydrogen (secondary N) is 1. The molecule has 1 radical (unpaired) electrons. The van der Waals surface area contributed by atoms with E-state index in [1.807, 2.05) is 0 Å². The molecule has 1 nitrogen and oxygen atoms in total. The van der Waals surface area contributed by atoms with Crippen LogP contribution in [0.2, 0.25) is 0 Å². The summed E-state index contributed by atoms with van der Waals surface area (Å²) in [6, 6.07) is 0.744. The van der Waals surface area contributed by atoms with Gasteiger partial charge in [0.05, 0.1) is 0 Å². The second-order valence-electron chi connectivity index (χ2n) is 2.51. The zero-order valence-corrected chi connectivity index (χ0v) is 5.48. The van der Waals surface area contributed by atoms with Gasteiger partial charge in [-0.25, -0.2) is 0 Å². The fourth-order valence-electron chi connectivity index (χ4n) is 1.05. The van der Waals surface area contributed by atoms with Gasteiger partial charge in [0, 0.05) is 6.04 Å². The van der Waals surface area contributed by atoms with Gasteiger partial charge in [-0.1, -0.05) is 0 Å². The molecule has 1 saturated heterocycles. The largest absolute Gasteiger partial charge is 0.314 e. The highest BCUT2D eigenvalue weighted by Crippen LogP contribution is 2.05. The molecule has 1 aliphatic rings. The van der Waals surface area contributed by atoms with E-state index in [4.69, 9.17) is 0 Å². The summed E-state index contributed by atoms with van der Waals surface area (Å²) in [5.74, 6) is 0. The fraction of sp³-hybridized carbons (Fsp3) is 0.857. The van der Waals surface area contributed by atoms with Gasteiger partial charge in [0.25, 0.3) is 0 Å². The van der Waals surface area contributed by atoms with Crippen LogP contribution in [0.3, 0.4) is 0 Å². The van der Waals surface area contributed by atoms with Gasteiger partial charge in [0.15, 0.2) is 0 Å². The van der Waals surface area contributed by atoms with Crippen molar-refractivity contribution in [2.45, 2.75) is 32.2 Å². The van der Waals surface area contributed by atoms with E-state index in [0.29, 0.717) is 0 Å². The average Bonchev–Trinajstić information content (AvgIpc) is 1.94. The van der Waals surface area contributed by atoms with E-state index in [-0.39, 0.29) is 0 Å². The van der Waals surface area contributed by atoms with Crippen LogP contribution in [0, 0.1) is 6.42 Å². The molecule has 1 atom stereocenters. The zero-order valence-electron chi connectivity index (χ0n) is 5.48. The van der Waals surface area contributed by atoms with Crippen molar-refractivity contribution in [3.05, 3.63) is 6.42 Å². The quantitative estimate of drug-likeness (QED) is 0.499. The lowest BCUT2D eigenvalue weighted by atomic mass is 10.1. The summed E-state index contributed by atoms with van der Waals surface area (Å²) in [6.07, 6.45) is 6.25. The molecule has 0 aromatic carbocycles. The first kappa shape index (κ1) is 6.09. The van der Waals surface area contributed by atoms with Crippen LogP contribution >= 0.6 is 0 Å². The molecule has 0 spiro atoms. The smallest absolute Gasteiger partial charge is 0.00388 e. The van der Waals surface area contributed by atoms with Gasteiger partial charge >= 0.3 is 0 Å². The second kappa shape index (κ2) is 3.08. The molecule has 0 aromatic rings. The number of rotatable bonds is 0. The molecule has 1 heterocycles. The minimum Gasteiger partial charge on any atom is -0.314 e. The van der Waals surface area contributed by atoms with Crippen LogP contribution in [0.25, 0.3) is 0 Å². The number of hydrogen-bond donors (Lipinski definition) is 1. The van der Waals surface area contributed by atoms with E-state index in [1.54, 1.807) is 0 Å². The van der Waals surface area contributed by atoms with Crippen LogP contribution in [0.4, 0.5) is 0 Å². The molecule has 0 aromatic heterocycles. The van der Waals surface area contributed by atoms with E-state index in [1.165, 1.54) is 25.8 Å². The van der Waals surface area contributed by atoms with Gasteiger partial charge in [-0.15, -0.1) is 0 Å². The van der Waals surface area contributed by atoms with Crippen molar-refractivity contribution in [3.8, 4) is 0 Å². The predicted octanol–water partition coefficient (Wildman–Crippen LogP) is 1.35. The highest BCUT2D eigenvalue weighted by Gasteiger charge is 2.03. The molecule has 0 aliphatic carbocycles. The molecule has 1 N–H and O–H groups in total. The van der Waals surface area contributed by atoms with Gasteiger partial charge in [-0.3, -0.25) is 0 Å². The van der Waals surface area contributed by atoms with Crippen LogP contribution in [0.5, 0.6) is 0 Å². The van der Waals surface area contributed by atoms with E-state index >= 15 is 0 Å². The molecule has 47 valence electrons. The van der Waals surface area contributed by atoms with Gasteiger partial charge in [0.1, 0.15) is 0 Å². The first-order valence-corrected chi connectivity index (χ1v) is 3.44. The first-order valence-electron chi connectivity index (χ1n) is 3.44. The van der Waals surface area contributed by atoms with Crippen LogP contribution in [0.15, 0.2) is 0 Å². The van der Waals surface area contributed by atoms with Crippen molar-refractivity contribution >= 4 is 0 Å². The summed E-state index contributed by atoms with van der Waals surface area (Å²) in [7, 11) is 0. The van der Waals surface area contributed by atoms with Crippen molar-refractivity contribution in [3.63, 3.8) is 0 Å². The summed E-state index contributed by atoms with van der Waals surface area (Å²) < 4.78 is 0. The maximum Gasteiger partial charge on any atom is 0.00388 e. The molecule has 1 fully saturated rings. The maximum absolute atomic E-state index is 3.41. The Labute approximate surface area is 51.5 Å². The Morgan fingerprint density at radius 3 is 3.25 bits per heavy atom. The standard InChI is InChI=1S/C7H14N/c1-7-5-3-2-4-6-8-7/h2,7-8H,3-6H2,1H3. The molecular formula is C7H14N. The fourth-order valence-corrected chi connectivity index (χ4v) is 1.05. The maximum atomic E-state index is 3.41. The normalized spacial score (nSPS) is 31.9. The molecular weight excluding hydrogens is 98.1 g/mol. The lowest BCUT2D eigenvalue weighted by Gasteiger charge is -2.06. The Morgan fingerprint density at radius 1 is 1.50 bits per heavy atom. The summed E-state index contributed by atoms with van der Waals surface area (Å²) in [4.78, 5) is 0. The Bertz CT molecular complexity index is 53.4. The topological polar surface area (TPSA) is 12.0 Å². The third kappa shape index (κ3) is 1.83. The van der Waals surface area contributed by atoms with Crippen molar-refractivity contribution < 1.29 is 0 Å². The van der Waals surface area contributed by atoms with E-state index in [0.717, 1.165) is 6.04 Å². The minimum atomic E-state index is 0.744. The van der Waals surface area contributed by atoms with Crippen LogP contribution in [-0.4, -0.2) is 12.6 Å². The molecule has 0 saturated carbocycles. The third-order valence-electron chi connectivity index (χ3n) is 1.65. The van der Waals surface area contributed by atoms with Gasteiger partial charge in [0.2, 0.25) is 0 Å². The first-order chi connectivity index (χ1) is 3.89. The summed E-state index contributed by atoms with van der Waals surface area (Å²) >= 11 is 0. The molecule has 1 aliphatic heterocycles. The van der Waals surface area contributed by atoms with Crippen LogP contribution < -0.4 is 5.32 Å². The molecule has 1 unspecified atom stereocenters. The highest BCUT2D eigenvalue weighted by atomic mass is 14.9. The van der Waals surface area contributed by atoms with Crippen molar-refractivity contribution in [2.75, 3.05) is 6.54 Å². The SMILES string of the molecule is CC1CC[CH]CCN1. The summed E-state index contributed by atoms with van der Waals surface area (Å²) in [6.45, 7) is 3.43. The van der Waals surface area contributed by atoms with E-state index in [9.17, 15) is 0 Å². The molecule has 0 bridgehead atoms. The molecule has 8 heavy (non-hydrogen) atoms. The van der Waals surface area contributed by atoms with Crippen molar-refractivity contribution in [2.24, 2.45) is 0 Å². The monoisotopic (exact) mass is 112 g/mol. The second-order valence-corrected chi connectivity index (χ2v) is 2.51. The van der Waals surface area contributed by atoms with Gasteiger partial charge in [-0.05, 0) is 39.2 Å². The number of hydrogen-bond acceptors (Lipinski definition) is 1.